The van der Waals surface area contributed by atoms with Crippen LogP contribution in [-0.2, 0) is 20.7 Å². The Morgan fingerprint density at radius 3 is 2.59 bits per heavy atom. The fourth-order valence-corrected chi connectivity index (χ4v) is 2.95. The lowest BCUT2D eigenvalue weighted by atomic mass is 10.1. The Labute approximate surface area is 168 Å². The van der Waals surface area contributed by atoms with E-state index in [4.69, 9.17) is 4.74 Å². The molecule has 148 valence electrons. The molecule has 2 amide bonds. The van der Waals surface area contributed by atoms with Crippen molar-refractivity contribution in [3.05, 3.63) is 71.9 Å². The number of nitrogens with zero attached hydrogens (tertiary/aromatic N) is 1. The Hall–Kier alpha value is -3.74. The summed E-state index contributed by atoms with van der Waals surface area (Å²) >= 11 is 0. The number of fused-ring (bicyclic) bond motifs is 1. The number of benzene rings is 2. The standard InChI is InChI=1S/C22H21N3O4/c1-14(26)23-17-8-5-7-16(12-17)21(27)25-20(22(28)29-2)13-18-11-10-15-6-3-4-9-19(15)24-18/h3-12,20H,13H2,1-2H3,(H,23,26)(H,25,27)/t20-/m0/s1. The molecule has 7 heteroatoms. The summed E-state index contributed by atoms with van der Waals surface area (Å²) in [5.74, 6) is -1.25. The van der Waals surface area contributed by atoms with E-state index >= 15 is 0 Å². The molecule has 0 unspecified atom stereocenters. The van der Waals surface area contributed by atoms with Gasteiger partial charge < -0.3 is 15.4 Å². The highest BCUT2D eigenvalue weighted by molar-refractivity contribution is 5.98. The second-order valence-corrected chi connectivity index (χ2v) is 6.51. The number of para-hydroxylation sites is 1. The van der Waals surface area contributed by atoms with Gasteiger partial charge in [-0.2, -0.15) is 0 Å². The molecule has 2 N–H and O–H groups in total. The first-order chi connectivity index (χ1) is 14.0. The average Bonchev–Trinajstić information content (AvgIpc) is 2.72. The number of esters is 1. The van der Waals surface area contributed by atoms with Crippen molar-refractivity contribution in [3.63, 3.8) is 0 Å². The molecule has 0 spiro atoms. The minimum atomic E-state index is -0.898. The lowest BCUT2D eigenvalue weighted by Gasteiger charge is -2.17. The highest BCUT2D eigenvalue weighted by Crippen LogP contribution is 2.14. The predicted molar refractivity (Wildman–Crippen MR) is 109 cm³/mol. The van der Waals surface area contributed by atoms with Crippen molar-refractivity contribution in [1.82, 2.24) is 10.3 Å². The molecule has 1 atom stereocenters. The first-order valence-electron chi connectivity index (χ1n) is 9.07. The van der Waals surface area contributed by atoms with Gasteiger partial charge in [0.1, 0.15) is 6.04 Å². The molecule has 2 aromatic carbocycles. The zero-order valence-electron chi connectivity index (χ0n) is 16.1. The van der Waals surface area contributed by atoms with Crippen LogP contribution in [0.3, 0.4) is 0 Å². The molecule has 0 fully saturated rings. The number of methoxy groups -OCH3 is 1. The monoisotopic (exact) mass is 391 g/mol. The van der Waals surface area contributed by atoms with Gasteiger partial charge in [0.05, 0.1) is 12.6 Å². The fraction of sp³-hybridized carbons (Fsp3) is 0.182. The Bertz CT molecular complexity index is 1060. The highest BCUT2D eigenvalue weighted by Gasteiger charge is 2.23. The van der Waals surface area contributed by atoms with Crippen LogP contribution in [0.5, 0.6) is 0 Å². The topological polar surface area (TPSA) is 97.4 Å². The van der Waals surface area contributed by atoms with Gasteiger partial charge in [0.25, 0.3) is 5.91 Å². The van der Waals surface area contributed by atoms with E-state index in [1.54, 1.807) is 24.3 Å². The number of amides is 2. The predicted octanol–water partition coefficient (Wildman–Crippen LogP) is 2.71. The highest BCUT2D eigenvalue weighted by atomic mass is 16.5. The zero-order chi connectivity index (χ0) is 20.8. The Kier molecular flexibility index (Phi) is 6.19. The summed E-state index contributed by atoms with van der Waals surface area (Å²) in [5.41, 5.74) is 2.28. The smallest absolute Gasteiger partial charge is 0.328 e. The molecule has 3 rings (SSSR count). The lowest BCUT2D eigenvalue weighted by molar-refractivity contribution is -0.142. The van der Waals surface area contributed by atoms with Gasteiger partial charge >= 0.3 is 5.97 Å². The number of anilines is 1. The number of rotatable bonds is 6. The molecule has 1 aromatic heterocycles. The van der Waals surface area contributed by atoms with E-state index < -0.39 is 17.9 Å². The fourth-order valence-electron chi connectivity index (χ4n) is 2.95. The molecule has 0 saturated carbocycles. The summed E-state index contributed by atoms with van der Waals surface area (Å²) in [7, 11) is 1.27. The minimum absolute atomic E-state index is 0.189. The van der Waals surface area contributed by atoms with Crippen LogP contribution in [-0.4, -0.2) is 35.9 Å². The largest absolute Gasteiger partial charge is 0.467 e. The normalized spacial score (nSPS) is 11.5. The van der Waals surface area contributed by atoms with E-state index in [-0.39, 0.29) is 12.3 Å². The molecule has 0 bridgehead atoms. The van der Waals surface area contributed by atoms with Crippen molar-refractivity contribution in [2.45, 2.75) is 19.4 Å². The molecule has 29 heavy (non-hydrogen) atoms. The van der Waals surface area contributed by atoms with E-state index in [2.05, 4.69) is 15.6 Å². The van der Waals surface area contributed by atoms with Gasteiger partial charge in [-0.1, -0.05) is 30.3 Å². The molecule has 7 nitrogen and oxygen atoms in total. The third-order valence-electron chi connectivity index (χ3n) is 4.31. The van der Waals surface area contributed by atoms with Gasteiger partial charge in [-0.3, -0.25) is 14.6 Å². The number of pyridine rings is 1. The van der Waals surface area contributed by atoms with Crippen LogP contribution >= 0.6 is 0 Å². The van der Waals surface area contributed by atoms with Crippen LogP contribution in [0.1, 0.15) is 23.0 Å². The van der Waals surface area contributed by atoms with Crippen molar-refractivity contribution >= 4 is 34.4 Å². The first-order valence-corrected chi connectivity index (χ1v) is 9.07. The number of aromatic nitrogens is 1. The molecule has 0 aliphatic carbocycles. The second-order valence-electron chi connectivity index (χ2n) is 6.51. The van der Waals surface area contributed by atoms with Gasteiger partial charge in [0, 0.05) is 35.7 Å². The molecule has 1 heterocycles. The molecule has 3 aromatic rings. The van der Waals surface area contributed by atoms with Gasteiger partial charge in [-0.25, -0.2) is 4.79 Å². The molecular weight excluding hydrogens is 370 g/mol. The van der Waals surface area contributed by atoms with Crippen LogP contribution in [0, 0.1) is 0 Å². The van der Waals surface area contributed by atoms with E-state index in [1.165, 1.54) is 14.0 Å². The van der Waals surface area contributed by atoms with Crippen molar-refractivity contribution in [2.75, 3.05) is 12.4 Å². The molecule has 0 aliphatic rings. The maximum atomic E-state index is 12.7. The Balaban J connectivity index is 1.79. The van der Waals surface area contributed by atoms with Crippen LogP contribution in [0.2, 0.25) is 0 Å². The number of ether oxygens (including phenoxy) is 1. The van der Waals surface area contributed by atoms with Gasteiger partial charge in [-0.05, 0) is 30.3 Å². The number of hydrogen-bond acceptors (Lipinski definition) is 5. The summed E-state index contributed by atoms with van der Waals surface area (Å²) in [4.78, 5) is 40.7. The molecule has 0 saturated heterocycles. The van der Waals surface area contributed by atoms with E-state index in [9.17, 15) is 14.4 Å². The van der Waals surface area contributed by atoms with E-state index in [0.29, 0.717) is 16.9 Å². The third kappa shape index (κ3) is 5.16. The SMILES string of the molecule is COC(=O)[C@H](Cc1ccc2ccccc2n1)NC(=O)c1cccc(NC(C)=O)c1. The number of carbonyl (C=O) groups is 3. The Morgan fingerprint density at radius 1 is 1.03 bits per heavy atom. The maximum Gasteiger partial charge on any atom is 0.328 e. The Morgan fingerprint density at radius 2 is 1.83 bits per heavy atom. The number of carbonyl (C=O) groups excluding carboxylic acids is 3. The number of hydrogen-bond donors (Lipinski definition) is 2. The molecule has 0 aliphatic heterocycles. The third-order valence-corrected chi connectivity index (χ3v) is 4.31. The van der Waals surface area contributed by atoms with Gasteiger partial charge in [0.15, 0.2) is 0 Å². The van der Waals surface area contributed by atoms with Gasteiger partial charge in [-0.15, -0.1) is 0 Å². The van der Waals surface area contributed by atoms with Crippen LogP contribution in [0.4, 0.5) is 5.69 Å². The van der Waals surface area contributed by atoms with Crippen LogP contribution in [0.15, 0.2) is 60.7 Å². The summed E-state index contributed by atoms with van der Waals surface area (Å²) in [6.45, 7) is 1.39. The van der Waals surface area contributed by atoms with Crippen LogP contribution in [0.25, 0.3) is 10.9 Å². The van der Waals surface area contributed by atoms with Crippen molar-refractivity contribution in [1.29, 1.82) is 0 Å². The van der Waals surface area contributed by atoms with Crippen molar-refractivity contribution < 1.29 is 19.1 Å². The van der Waals surface area contributed by atoms with E-state index in [1.807, 2.05) is 36.4 Å². The molecule has 0 radical (unpaired) electrons. The van der Waals surface area contributed by atoms with E-state index in [0.717, 1.165) is 10.9 Å². The quantitative estimate of drug-likeness (QED) is 0.630. The lowest BCUT2D eigenvalue weighted by Crippen LogP contribution is -2.43. The summed E-state index contributed by atoms with van der Waals surface area (Å²) in [6, 6.07) is 17.0. The summed E-state index contributed by atoms with van der Waals surface area (Å²) in [5, 5.41) is 6.31. The average molecular weight is 391 g/mol. The second kappa shape index (κ2) is 8.97. The van der Waals surface area contributed by atoms with Crippen LogP contribution < -0.4 is 10.6 Å². The molecular formula is C22H21N3O4. The first kappa shape index (κ1) is 20.0. The zero-order valence-corrected chi connectivity index (χ0v) is 16.1. The number of nitrogens with one attached hydrogen (secondary N) is 2. The van der Waals surface area contributed by atoms with Crippen molar-refractivity contribution in [2.24, 2.45) is 0 Å². The maximum absolute atomic E-state index is 12.7. The summed E-state index contributed by atoms with van der Waals surface area (Å²) < 4.78 is 4.85. The minimum Gasteiger partial charge on any atom is -0.467 e. The van der Waals surface area contributed by atoms with Gasteiger partial charge in [0.2, 0.25) is 5.91 Å². The van der Waals surface area contributed by atoms with Crippen molar-refractivity contribution in [3.8, 4) is 0 Å². The summed E-state index contributed by atoms with van der Waals surface area (Å²) in [6.07, 6.45) is 0.189.